The van der Waals surface area contributed by atoms with Gasteiger partial charge in [-0.2, -0.15) is 0 Å². The molecule has 13 nitrogen and oxygen atoms in total. The molecule has 0 bridgehead atoms. The van der Waals surface area contributed by atoms with Crippen molar-refractivity contribution >= 4 is 35.4 Å². The molecule has 4 heterocycles. The first-order chi connectivity index (χ1) is 27.1. The zero-order valence-electron chi connectivity index (χ0n) is 36.0. The minimum atomic E-state index is -0.476. The van der Waals surface area contributed by atoms with Gasteiger partial charge in [-0.05, 0) is 110 Å². The number of benzene rings is 2. The summed E-state index contributed by atoms with van der Waals surface area (Å²) in [5, 5.41) is 0. The lowest BCUT2D eigenvalue weighted by Crippen LogP contribution is -2.49. The maximum atomic E-state index is 12.2. The zero-order chi connectivity index (χ0) is 42.8. The first-order valence-corrected chi connectivity index (χ1v) is 20.3. The second kappa shape index (κ2) is 19.5. The van der Waals surface area contributed by atoms with Crippen LogP contribution in [-0.4, -0.2) is 106 Å². The van der Waals surface area contributed by atoms with Crippen molar-refractivity contribution in [2.24, 2.45) is 0 Å². The fourth-order valence-corrected chi connectivity index (χ4v) is 7.05. The largest absolute Gasteiger partial charge is 0.444 e. The third-order valence-electron chi connectivity index (χ3n) is 9.95. The van der Waals surface area contributed by atoms with Crippen molar-refractivity contribution in [3.8, 4) is 0 Å². The summed E-state index contributed by atoms with van der Waals surface area (Å²) in [4.78, 5) is 61.3. The Labute approximate surface area is 345 Å². The number of carbonyl (C=O) groups is 4. The van der Waals surface area contributed by atoms with Gasteiger partial charge in [-0.3, -0.25) is 9.69 Å². The lowest BCUT2D eigenvalue weighted by Gasteiger charge is -2.41. The van der Waals surface area contributed by atoms with Crippen molar-refractivity contribution in [3.05, 3.63) is 81.5 Å². The first-order valence-electron chi connectivity index (χ1n) is 20.3. The molecule has 0 atom stereocenters. The summed E-state index contributed by atoms with van der Waals surface area (Å²) in [6.07, 6.45) is 3.94. The molecular formula is C45H62N6O7. The summed E-state index contributed by atoms with van der Waals surface area (Å²) >= 11 is 0. The molecule has 0 radical (unpaired) electrons. The van der Waals surface area contributed by atoms with E-state index in [1.807, 2.05) is 97.5 Å². The third kappa shape index (κ3) is 14.4. The van der Waals surface area contributed by atoms with Crippen molar-refractivity contribution < 1.29 is 33.4 Å². The van der Waals surface area contributed by atoms with E-state index in [4.69, 9.17) is 27.4 Å². The number of amides is 3. The smallest absolute Gasteiger partial charge is 0.410 e. The van der Waals surface area contributed by atoms with E-state index in [9.17, 15) is 19.2 Å². The van der Waals surface area contributed by atoms with E-state index >= 15 is 0 Å². The van der Waals surface area contributed by atoms with Crippen molar-refractivity contribution in [1.82, 2.24) is 19.6 Å². The second-order valence-electron chi connectivity index (χ2n) is 18.2. The molecule has 58 heavy (non-hydrogen) atoms. The minimum absolute atomic E-state index is 0.198. The molecule has 0 aromatic heterocycles. The van der Waals surface area contributed by atoms with E-state index in [0.717, 1.165) is 63.1 Å². The number of ether oxygens (including phenoxy) is 3. The minimum Gasteiger partial charge on any atom is -0.444 e. The van der Waals surface area contributed by atoms with Crippen LogP contribution in [0.2, 0.25) is 0 Å². The van der Waals surface area contributed by atoms with Gasteiger partial charge in [-0.25, -0.2) is 24.1 Å². The highest BCUT2D eigenvalue weighted by Crippen LogP contribution is 2.29. The number of rotatable bonds is 1. The van der Waals surface area contributed by atoms with Gasteiger partial charge >= 0.3 is 18.3 Å². The summed E-state index contributed by atoms with van der Waals surface area (Å²) in [5.41, 5.74) is 4.88. The fourth-order valence-electron chi connectivity index (χ4n) is 7.05. The lowest BCUT2D eigenvalue weighted by molar-refractivity contribution is -0.121. The fraction of sp³-hybridized carbons (Fsp3) is 0.600. The molecule has 2 fully saturated rings. The molecule has 2 saturated heterocycles. The van der Waals surface area contributed by atoms with E-state index in [2.05, 4.69) is 20.7 Å². The topological polar surface area (TPSA) is 118 Å². The van der Waals surface area contributed by atoms with Gasteiger partial charge in [0.1, 0.15) is 22.6 Å². The monoisotopic (exact) mass is 798 g/mol. The van der Waals surface area contributed by atoms with E-state index in [1.54, 1.807) is 9.80 Å². The van der Waals surface area contributed by atoms with E-state index in [-0.39, 0.29) is 24.1 Å². The van der Waals surface area contributed by atoms with Gasteiger partial charge in [0, 0.05) is 71.2 Å². The van der Waals surface area contributed by atoms with Crippen LogP contribution >= 0.6 is 0 Å². The number of fused-ring (bicyclic) bond motifs is 2. The normalized spacial score (nSPS) is 17.4. The SMILES string of the molecule is CC(C)(C)OC(=O)N1CCC(=O)CC1.[C-]#[N+]c1ccc2c(c1)CN(C(=O)OC(C)(C)C)CC2.[C-]#[N+]c1ccc2c(c1)CN(C1CCN(C(=O)OC(C)(C)C)CC1)CC2. The quantitative estimate of drug-likeness (QED) is 0.207. The van der Waals surface area contributed by atoms with E-state index in [1.165, 1.54) is 16.7 Å². The summed E-state index contributed by atoms with van der Waals surface area (Å²) in [6.45, 7) is 36.7. The molecule has 6 rings (SSSR count). The van der Waals surface area contributed by atoms with Gasteiger partial charge in [0.2, 0.25) is 0 Å². The predicted octanol–water partition coefficient (Wildman–Crippen LogP) is 9.11. The molecule has 0 N–H and O–H groups in total. The van der Waals surface area contributed by atoms with Crippen molar-refractivity contribution in [2.75, 3.05) is 39.3 Å². The Morgan fingerprint density at radius 3 is 1.40 bits per heavy atom. The predicted molar refractivity (Wildman–Crippen MR) is 223 cm³/mol. The number of nitrogens with zero attached hydrogens (tertiary/aromatic N) is 6. The highest BCUT2D eigenvalue weighted by molar-refractivity contribution is 5.81. The van der Waals surface area contributed by atoms with Gasteiger partial charge in [0.15, 0.2) is 11.4 Å². The Morgan fingerprint density at radius 2 is 0.948 bits per heavy atom. The molecule has 0 aliphatic carbocycles. The van der Waals surface area contributed by atoms with Crippen molar-refractivity contribution in [2.45, 2.75) is 137 Å². The molecule has 3 amide bonds. The Morgan fingerprint density at radius 1 is 0.552 bits per heavy atom. The van der Waals surface area contributed by atoms with Crippen LogP contribution in [0.3, 0.4) is 0 Å². The third-order valence-corrected chi connectivity index (χ3v) is 9.95. The number of carbonyl (C=O) groups excluding carboxylic acids is 4. The Kier molecular flexibility index (Phi) is 15.3. The van der Waals surface area contributed by atoms with Gasteiger partial charge in [-0.1, -0.05) is 36.4 Å². The number of piperidine rings is 2. The Balaban J connectivity index is 0.000000201. The number of likely N-dealkylation sites (tertiary alicyclic amines) is 2. The highest BCUT2D eigenvalue weighted by Gasteiger charge is 2.31. The summed E-state index contributed by atoms with van der Waals surface area (Å²) < 4.78 is 16.0. The molecule has 0 saturated carbocycles. The first kappa shape index (κ1) is 45.6. The summed E-state index contributed by atoms with van der Waals surface area (Å²) in [6, 6.07) is 12.2. The van der Waals surface area contributed by atoms with Gasteiger partial charge in [0.25, 0.3) is 0 Å². The maximum Gasteiger partial charge on any atom is 0.410 e. The van der Waals surface area contributed by atoms with Crippen molar-refractivity contribution in [1.29, 1.82) is 0 Å². The molecule has 314 valence electrons. The van der Waals surface area contributed by atoms with Gasteiger partial charge < -0.3 is 28.9 Å². The van der Waals surface area contributed by atoms with Crippen LogP contribution in [0.4, 0.5) is 25.8 Å². The molecule has 13 heteroatoms. The highest BCUT2D eigenvalue weighted by atomic mass is 16.6. The van der Waals surface area contributed by atoms with E-state index in [0.29, 0.717) is 50.7 Å². The molecule has 2 aromatic carbocycles. The maximum absolute atomic E-state index is 12.2. The number of hydrogen-bond donors (Lipinski definition) is 0. The number of Topliss-reactive ketones (excluding diaryl/α,β-unsaturated/α-hetero) is 1. The zero-order valence-corrected chi connectivity index (χ0v) is 36.0. The Bertz CT molecular complexity index is 1860. The number of hydrogen-bond acceptors (Lipinski definition) is 8. The molecule has 0 spiro atoms. The average molecular weight is 799 g/mol. The molecule has 4 aliphatic heterocycles. The molecular weight excluding hydrogens is 737 g/mol. The van der Waals surface area contributed by atoms with Crippen LogP contribution in [0.1, 0.15) is 110 Å². The van der Waals surface area contributed by atoms with Crippen LogP contribution in [0.25, 0.3) is 9.69 Å². The Hall–Kier alpha value is -5.14. The molecule has 4 aliphatic rings. The molecule has 0 unspecified atom stereocenters. The van der Waals surface area contributed by atoms with Crippen LogP contribution in [0, 0.1) is 13.1 Å². The van der Waals surface area contributed by atoms with Gasteiger partial charge in [0.05, 0.1) is 13.1 Å². The molecule has 2 aromatic rings. The van der Waals surface area contributed by atoms with Crippen LogP contribution in [-0.2, 0) is 44.9 Å². The summed E-state index contributed by atoms with van der Waals surface area (Å²) in [5.74, 6) is 0.227. The number of ketones is 1. The standard InChI is InChI=1S/C20H27N3O2.C15H18N2O2.C10H17NO3/c1-20(2,3)25-19(24)22-11-8-18(9-12-22)23-10-7-15-5-6-17(21-4)13-16(15)14-23;1-15(2,3)19-14(18)17-8-7-11-5-6-13(16-4)9-12(11)10-17;1-10(2,3)14-9(13)11-6-4-8(12)5-7-11/h5-6,13,18H,7-12,14H2,1-3H3;5-6,9H,7-8,10H2,1-3H3;4-7H2,1-3H3. The van der Waals surface area contributed by atoms with Crippen LogP contribution in [0.15, 0.2) is 36.4 Å². The van der Waals surface area contributed by atoms with Crippen LogP contribution in [0.5, 0.6) is 0 Å². The lowest BCUT2D eigenvalue weighted by atomic mass is 9.95. The van der Waals surface area contributed by atoms with Crippen molar-refractivity contribution in [3.63, 3.8) is 0 Å². The summed E-state index contributed by atoms with van der Waals surface area (Å²) in [7, 11) is 0. The second-order valence-corrected chi connectivity index (χ2v) is 18.2. The van der Waals surface area contributed by atoms with E-state index < -0.39 is 16.8 Å². The van der Waals surface area contributed by atoms with Crippen LogP contribution < -0.4 is 0 Å². The average Bonchev–Trinajstić information content (AvgIpc) is 3.15. The van der Waals surface area contributed by atoms with Gasteiger partial charge in [-0.15, -0.1) is 0 Å².